The van der Waals surface area contributed by atoms with Crippen molar-refractivity contribution >= 4 is 6.29 Å². The van der Waals surface area contributed by atoms with Crippen molar-refractivity contribution < 1.29 is 9.53 Å². The second kappa shape index (κ2) is 6.02. The Morgan fingerprint density at radius 1 is 1.33 bits per heavy atom. The van der Waals surface area contributed by atoms with Gasteiger partial charge in [0.25, 0.3) is 0 Å². The number of benzene rings is 1. The molecule has 1 rings (SSSR count). The minimum Gasteiger partial charge on any atom is -0.497 e. The Hall–Kier alpha value is -1.57. The lowest BCUT2D eigenvalue weighted by Gasteiger charge is -2.06. The van der Waals surface area contributed by atoms with Gasteiger partial charge in [-0.15, -0.1) is 0 Å². The molecule has 0 aromatic heterocycles. The van der Waals surface area contributed by atoms with Crippen LogP contribution in [0.4, 0.5) is 0 Å². The number of hydrogen-bond donors (Lipinski definition) is 0. The van der Waals surface area contributed by atoms with Crippen molar-refractivity contribution in [1.82, 2.24) is 0 Å². The average molecular weight is 204 g/mol. The fraction of sp³-hybridized carbons (Fsp3) is 0.308. The van der Waals surface area contributed by atoms with E-state index in [1.807, 2.05) is 30.3 Å². The predicted octanol–water partition coefficient (Wildman–Crippen LogP) is 2.63. The van der Waals surface area contributed by atoms with Crippen molar-refractivity contribution in [1.29, 1.82) is 0 Å². The smallest absolute Gasteiger partial charge is 0.142 e. The molecule has 0 heterocycles. The van der Waals surface area contributed by atoms with E-state index in [0.717, 1.165) is 18.5 Å². The fourth-order valence-electron chi connectivity index (χ4n) is 1.44. The molecule has 0 saturated heterocycles. The molecule has 0 saturated carbocycles. The van der Waals surface area contributed by atoms with Gasteiger partial charge in [0.1, 0.15) is 12.0 Å². The summed E-state index contributed by atoms with van der Waals surface area (Å²) in [5.74, 6) is 1.25. The van der Waals surface area contributed by atoms with Crippen LogP contribution >= 0.6 is 0 Å². The van der Waals surface area contributed by atoms with Crippen LogP contribution in [0.15, 0.2) is 36.4 Å². The maximum atomic E-state index is 10.1. The number of allylic oxidation sites excluding steroid dienone is 2. The van der Waals surface area contributed by atoms with Gasteiger partial charge in [-0.25, -0.2) is 0 Å². The molecule has 1 atom stereocenters. The summed E-state index contributed by atoms with van der Waals surface area (Å²) in [5.41, 5.74) is 1.25. The average Bonchev–Trinajstić information content (AvgIpc) is 2.27. The molecule has 1 aromatic carbocycles. The van der Waals surface area contributed by atoms with Gasteiger partial charge >= 0.3 is 0 Å². The van der Waals surface area contributed by atoms with Gasteiger partial charge in [-0.1, -0.05) is 25.1 Å². The van der Waals surface area contributed by atoms with Crippen LogP contribution in [0.2, 0.25) is 0 Å². The Morgan fingerprint density at radius 3 is 2.53 bits per heavy atom. The maximum absolute atomic E-state index is 10.1. The lowest BCUT2D eigenvalue weighted by molar-refractivity contribution is -0.104. The zero-order chi connectivity index (χ0) is 11.1. The SMILES string of the molecule is COc1ccc(CC(C)C=CC=O)cc1. The normalized spacial score (nSPS) is 12.7. The first-order chi connectivity index (χ1) is 7.26. The van der Waals surface area contributed by atoms with E-state index in [2.05, 4.69) is 6.92 Å². The van der Waals surface area contributed by atoms with Gasteiger partial charge in [-0.05, 0) is 36.1 Å². The number of aldehydes is 1. The van der Waals surface area contributed by atoms with Crippen molar-refractivity contribution in [2.24, 2.45) is 5.92 Å². The molecular formula is C13H16O2. The van der Waals surface area contributed by atoms with Gasteiger partial charge in [0.15, 0.2) is 0 Å². The van der Waals surface area contributed by atoms with E-state index in [4.69, 9.17) is 4.74 Å². The van der Waals surface area contributed by atoms with E-state index in [1.165, 1.54) is 5.56 Å². The van der Waals surface area contributed by atoms with Gasteiger partial charge in [-0.3, -0.25) is 4.79 Å². The van der Waals surface area contributed by atoms with E-state index in [9.17, 15) is 4.79 Å². The van der Waals surface area contributed by atoms with Crippen molar-refractivity contribution in [3.63, 3.8) is 0 Å². The minimum absolute atomic E-state index is 0.378. The van der Waals surface area contributed by atoms with E-state index >= 15 is 0 Å². The molecule has 0 aliphatic rings. The number of methoxy groups -OCH3 is 1. The third kappa shape index (κ3) is 3.98. The molecular weight excluding hydrogens is 188 g/mol. The van der Waals surface area contributed by atoms with Crippen molar-refractivity contribution in [2.75, 3.05) is 7.11 Å². The highest BCUT2D eigenvalue weighted by Crippen LogP contribution is 2.14. The summed E-state index contributed by atoms with van der Waals surface area (Å²) in [4.78, 5) is 10.1. The van der Waals surface area contributed by atoms with Crippen molar-refractivity contribution in [3.05, 3.63) is 42.0 Å². The van der Waals surface area contributed by atoms with Crippen LogP contribution in [0.25, 0.3) is 0 Å². The first-order valence-electron chi connectivity index (χ1n) is 5.01. The van der Waals surface area contributed by atoms with Crippen LogP contribution in [-0.2, 0) is 11.2 Å². The molecule has 0 aliphatic carbocycles. The van der Waals surface area contributed by atoms with Crippen LogP contribution in [0.3, 0.4) is 0 Å². The summed E-state index contributed by atoms with van der Waals surface area (Å²) in [7, 11) is 1.66. The molecule has 0 spiro atoms. The summed E-state index contributed by atoms with van der Waals surface area (Å²) >= 11 is 0. The highest BCUT2D eigenvalue weighted by atomic mass is 16.5. The molecule has 0 radical (unpaired) electrons. The Labute approximate surface area is 90.6 Å². The molecule has 0 fully saturated rings. The summed E-state index contributed by atoms with van der Waals surface area (Å²) in [6.07, 6.45) is 5.21. The number of ether oxygens (including phenoxy) is 1. The Kier molecular flexibility index (Phi) is 4.61. The van der Waals surface area contributed by atoms with E-state index in [0.29, 0.717) is 5.92 Å². The van der Waals surface area contributed by atoms with Crippen LogP contribution < -0.4 is 4.74 Å². The number of rotatable bonds is 5. The summed E-state index contributed by atoms with van der Waals surface area (Å²) < 4.78 is 5.08. The Balaban J connectivity index is 2.56. The van der Waals surface area contributed by atoms with Crippen LogP contribution in [0.5, 0.6) is 5.75 Å². The summed E-state index contributed by atoms with van der Waals surface area (Å²) in [5, 5.41) is 0. The molecule has 0 N–H and O–H groups in total. The largest absolute Gasteiger partial charge is 0.497 e. The zero-order valence-electron chi connectivity index (χ0n) is 9.14. The Morgan fingerprint density at radius 2 is 2.00 bits per heavy atom. The first kappa shape index (κ1) is 11.5. The number of carbonyl (C=O) groups is 1. The molecule has 2 nitrogen and oxygen atoms in total. The van der Waals surface area contributed by atoms with Crippen molar-refractivity contribution in [2.45, 2.75) is 13.3 Å². The van der Waals surface area contributed by atoms with Crippen LogP contribution in [0.1, 0.15) is 12.5 Å². The van der Waals surface area contributed by atoms with Gasteiger partial charge in [0.2, 0.25) is 0 Å². The van der Waals surface area contributed by atoms with Crippen LogP contribution in [-0.4, -0.2) is 13.4 Å². The number of carbonyl (C=O) groups excluding carboxylic acids is 1. The molecule has 1 unspecified atom stereocenters. The predicted molar refractivity (Wildman–Crippen MR) is 61.1 cm³/mol. The first-order valence-corrected chi connectivity index (χ1v) is 5.01. The lowest BCUT2D eigenvalue weighted by Crippen LogP contribution is -1.96. The lowest BCUT2D eigenvalue weighted by atomic mass is 10.0. The number of hydrogen-bond acceptors (Lipinski definition) is 2. The molecule has 80 valence electrons. The van der Waals surface area contributed by atoms with E-state index in [1.54, 1.807) is 13.2 Å². The monoisotopic (exact) mass is 204 g/mol. The standard InChI is InChI=1S/C13H16O2/c1-11(4-3-9-14)10-12-5-7-13(15-2)8-6-12/h3-9,11H,10H2,1-2H3. The topological polar surface area (TPSA) is 26.3 Å². The Bertz CT molecular complexity index is 325. The van der Waals surface area contributed by atoms with Crippen molar-refractivity contribution in [3.8, 4) is 5.75 Å². The molecule has 0 bridgehead atoms. The van der Waals surface area contributed by atoms with E-state index in [-0.39, 0.29) is 0 Å². The second-order valence-corrected chi connectivity index (χ2v) is 3.55. The maximum Gasteiger partial charge on any atom is 0.142 e. The second-order valence-electron chi connectivity index (χ2n) is 3.55. The van der Waals surface area contributed by atoms with Gasteiger partial charge in [-0.2, -0.15) is 0 Å². The summed E-state index contributed by atoms with van der Waals surface area (Å²) in [6, 6.07) is 7.99. The molecule has 15 heavy (non-hydrogen) atoms. The van der Waals surface area contributed by atoms with E-state index < -0.39 is 0 Å². The molecule has 2 heteroatoms. The quantitative estimate of drug-likeness (QED) is 0.544. The fourth-order valence-corrected chi connectivity index (χ4v) is 1.44. The molecule has 1 aromatic rings. The third-order valence-electron chi connectivity index (χ3n) is 2.23. The third-order valence-corrected chi connectivity index (χ3v) is 2.23. The minimum atomic E-state index is 0.378. The molecule has 0 aliphatic heterocycles. The highest BCUT2D eigenvalue weighted by Gasteiger charge is 1.99. The molecule has 0 amide bonds. The van der Waals surface area contributed by atoms with Gasteiger partial charge < -0.3 is 4.74 Å². The van der Waals surface area contributed by atoms with Gasteiger partial charge in [0.05, 0.1) is 7.11 Å². The van der Waals surface area contributed by atoms with Gasteiger partial charge in [0, 0.05) is 0 Å². The summed E-state index contributed by atoms with van der Waals surface area (Å²) in [6.45, 7) is 2.09. The zero-order valence-corrected chi connectivity index (χ0v) is 9.14. The highest BCUT2D eigenvalue weighted by molar-refractivity contribution is 5.64. The van der Waals surface area contributed by atoms with Crippen LogP contribution in [0, 0.1) is 5.92 Å².